The van der Waals surface area contributed by atoms with Crippen LogP contribution < -0.4 is 9.47 Å². The van der Waals surface area contributed by atoms with Gasteiger partial charge in [0.25, 0.3) is 0 Å². The summed E-state index contributed by atoms with van der Waals surface area (Å²) >= 11 is 0. The minimum atomic E-state index is -6.45. The molecule has 3 aromatic carbocycles. The molecule has 0 saturated carbocycles. The molecule has 0 amide bonds. The highest BCUT2D eigenvalue weighted by molar-refractivity contribution is 5.92. The van der Waals surface area contributed by atoms with Gasteiger partial charge in [-0.3, -0.25) is 0 Å². The Balaban J connectivity index is 1.45. The van der Waals surface area contributed by atoms with E-state index in [1.54, 1.807) is 36.4 Å². The average molecular weight is 705 g/mol. The van der Waals surface area contributed by atoms with Crippen molar-refractivity contribution in [3.63, 3.8) is 0 Å². The second-order valence-corrected chi connectivity index (χ2v) is 11.2. The molecule has 14 heteroatoms. The lowest BCUT2D eigenvalue weighted by Crippen LogP contribution is -2.54. The first-order valence-corrected chi connectivity index (χ1v) is 15.5. The first-order chi connectivity index (χ1) is 23.1. The molecule has 49 heavy (non-hydrogen) atoms. The number of carbonyl (C=O) groups excluding carboxylic acids is 2. The van der Waals surface area contributed by atoms with Crippen LogP contribution in [0.3, 0.4) is 0 Å². The average Bonchev–Trinajstić information content (AvgIpc) is 3.04. The van der Waals surface area contributed by atoms with Gasteiger partial charge in [-0.1, -0.05) is 50.5 Å². The maximum absolute atomic E-state index is 14.6. The molecule has 0 bridgehead atoms. The molecule has 0 aliphatic carbocycles. The van der Waals surface area contributed by atoms with Crippen molar-refractivity contribution in [3.05, 3.63) is 83.7 Å². The van der Waals surface area contributed by atoms with Crippen LogP contribution in [0.2, 0.25) is 0 Å². The summed E-state index contributed by atoms with van der Waals surface area (Å²) in [6, 6.07) is 16.4. The Bertz CT molecular complexity index is 1510. The largest absolute Gasteiger partial charge is 0.493 e. The van der Waals surface area contributed by atoms with E-state index in [4.69, 9.17) is 14.2 Å². The molecular weight excluding hydrogens is 668 g/mol. The van der Waals surface area contributed by atoms with Gasteiger partial charge >= 0.3 is 30.0 Å². The van der Waals surface area contributed by atoms with E-state index in [2.05, 4.69) is 11.7 Å². The normalized spacial score (nSPS) is 12.8. The van der Waals surface area contributed by atoms with E-state index in [1.807, 2.05) is 6.92 Å². The fraction of sp³-hybridized carbons (Fsp3) is 0.429. The van der Waals surface area contributed by atoms with Crippen LogP contribution in [0.25, 0.3) is 11.1 Å². The molecule has 3 rings (SSSR count). The highest BCUT2D eigenvalue weighted by Crippen LogP contribution is 2.46. The van der Waals surface area contributed by atoms with Crippen molar-refractivity contribution in [2.75, 3.05) is 19.8 Å². The maximum Gasteiger partial charge on any atom is 0.459 e. The topological polar surface area (TPSA) is 71.1 Å². The Hall–Kier alpha value is -4.20. The van der Waals surface area contributed by atoms with Gasteiger partial charge in [0.05, 0.1) is 30.4 Å². The molecule has 268 valence electrons. The van der Waals surface area contributed by atoms with Gasteiger partial charge in [-0.05, 0) is 67.3 Å². The highest BCUT2D eigenvalue weighted by atomic mass is 19.4. The quantitative estimate of drug-likeness (QED) is 0.0569. The molecule has 0 fully saturated rings. The number of rotatable bonds is 18. The zero-order chi connectivity index (χ0) is 36.2. The van der Waals surface area contributed by atoms with Crippen molar-refractivity contribution in [2.45, 2.75) is 76.5 Å². The summed E-state index contributed by atoms with van der Waals surface area (Å²) in [6.45, 7) is 0.902. The van der Waals surface area contributed by atoms with Gasteiger partial charge < -0.3 is 18.9 Å². The molecule has 6 nitrogen and oxygen atoms in total. The van der Waals surface area contributed by atoms with E-state index < -0.39 is 54.6 Å². The van der Waals surface area contributed by atoms with Crippen molar-refractivity contribution in [1.82, 2.24) is 0 Å². The van der Waals surface area contributed by atoms with E-state index in [0.29, 0.717) is 5.56 Å². The number of esters is 2. The molecule has 0 saturated heterocycles. The zero-order valence-corrected chi connectivity index (χ0v) is 26.8. The number of halogens is 8. The highest BCUT2D eigenvalue weighted by Gasteiger charge is 2.72. The number of carbonyl (C=O) groups is 2. The molecule has 0 radical (unpaired) electrons. The fourth-order valence-electron chi connectivity index (χ4n) is 4.44. The van der Waals surface area contributed by atoms with E-state index in [0.717, 1.165) is 55.4 Å². The van der Waals surface area contributed by atoms with Crippen LogP contribution in [0, 0.1) is 5.82 Å². The van der Waals surface area contributed by atoms with Crippen LogP contribution in [0.4, 0.5) is 35.1 Å². The number of alkyl halides is 7. The molecule has 0 aliphatic heterocycles. The Morgan fingerprint density at radius 3 is 1.94 bits per heavy atom. The second kappa shape index (κ2) is 17.5. The first kappa shape index (κ1) is 39.2. The van der Waals surface area contributed by atoms with E-state index in [9.17, 15) is 44.7 Å². The Kier molecular flexibility index (Phi) is 14.0. The molecule has 1 unspecified atom stereocenters. The smallest absolute Gasteiger partial charge is 0.459 e. The van der Waals surface area contributed by atoms with E-state index in [1.165, 1.54) is 18.2 Å². The Morgan fingerprint density at radius 2 is 1.35 bits per heavy atom. The SMILES string of the molecule is CCCCCCC(C)OC(=O)c1ccc(-c2ccc(OC(=O)c3ccc(OCCCOCC(F)(F)C(F)(F)C(F)(F)F)cc3F)cc2)cc1. The predicted molar refractivity (Wildman–Crippen MR) is 164 cm³/mol. The van der Waals surface area contributed by atoms with Crippen LogP contribution in [-0.4, -0.2) is 55.9 Å². The molecule has 0 heterocycles. The van der Waals surface area contributed by atoms with Crippen molar-refractivity contribution in [3.8, 4) is 22.6 Å². The third-order valence-electron chi connectivity index (χ3n) is 7.25. The number of unbranched alkanes of at least 4 members (excludes halogenated alkanes) is 3. The second-order valence-electron chi connectivity index (χ2n) is 11.2. The fourth-order valence-corrected chi connectivity index (χ4v) is 4.44. The summed E-state index contributed by atoms with van der Waals surface area (Å²) in [5, 5.41) is 0. The molecule has 0 N–H and O–H groups in total. The van der Waals surface area contributed by atoms with Crippen LogP contribution in [0.5, 0.6) is 11.5 Å². The van der Waals surface area contributed by atoms with E-state index in [-0.39, 0.29) is 30.6 Å². The van der Waals surface area contributed by atoms with Crippen LogP contribution in [0.1, 0.15) is 73.1 Å². The Labute approximate surface area is 278 Å². The van der Waals surface area contributed by atoms with E-state index >= 15 is 0 Å². The lowest BCUT2D eigenvalue weighted by atomic mass is 10.0. The predicted octanol–water partition coefficient (Wildman–Crippen LogP) is 9.85. The van der Waals surface area contributed by atoms with Gasteiger partial charge in [-0.2, -0.15) is 30.7 Å². The molecule has 0 spiro atoms. The third-order valence-corrected chi connectivity index (χ3v) is 7.25. The summed E-state index contributed by atoms with van der Waals surface area (Å²) in [5.74, 6) is -14.1. The molecule has 0 aliphatic rings. The lowest BCUT2D eigenvalue weighted by Gasteiger charge is -2.27. The molecule has 3 aromatic rings. The summed E-state index contributed by atoms with van der Waals surface area (Å²) < 4.78 is 124. The molecule has 1 atom stereocenters. The van der Waals surface area contributed by atoms with Crippen molar-refractivity contribution < 1.29 is 63.7 Å². The van der Waals surface area contributed by atoms with Crippen LogP contribution in [0.15, 0.2) is 66.7 Å². The Morgan fingerprint density at radius 1 is 0.735 bits per heavy atom. The minimum Gasteiger partial charge on any atom is -0.493 e. The monoisotopic (exact) mass is 704 g/mol. The minimum absolute atomic E-state index is 0.0801. The van der Waals surface area contributed by atoms with Gasteiger partial charge in [0.2, 0.25) is 0 Å². The third kappa shape index (κ3) is 11.2. The summed E-state index contributed by atoms with van der Waals surface area (Å²) in [6.07, 6.45) is -1.65. The molecule has 0 aromatic heterocycles. The van der Waals surface area contributed by atoms with Crippen molar-refractivity contribution in [1.29, 1.82) is 0 Å². The maximum atomic E-state index is 14.6. The number of ether oxygens (including phenoxy) is 4. The molecular formula is C35H36F8O6. The van der Waals surface area contributed by atoms with Gasteiger partial charge in [-0.25, -0.2) is 14.0 Å². The zero-order valence-electron chi connectivity index (χ0n) is 26.8. The van der Waals surface area contributed by atoms with Gasteiger partial charge in [-0.15, -0.1) is 0 Å². The van der Waals surface area contributed by atoms with Crippen molar-refractivity contribution >= 4 is 11.9 Å². The van der Waals surface area contributed by atoms with Gasteiger partial charge in [0.1, 0.15) is 23.9 Å². The van der Waals surface area contributed by atoms with Crippen molar-refractivity contribution in [2.24, 2.45) is 0 Å². The summed E-state index contributed by atoms with van der Waals surface area (Å²) in [4.78, 5) is 25.0. The summed E-state index contributed by atoms with van der Waals surface area (Å²) in [5.41, 5.74) is 1.54. The summed E-state index contributed by atoms with van der Waals surface area (Å²) in [7, 11) is 0. The standard InChI is InChI=1S/C35H36F8O6/c1-3-4-5-6-8-23(2)48-31(44)26-11-9-24(10-12-26)25-13-15-27(16-14-25)49-32(45)29-18-17-28(21-30(29)36)47-20-7-19-46-22-33(37,38)34(39,40)35(41,42)43/h9-18,21,23H,3-8,19-20,22H2,1-2H3. The number of hydrogen-bond donors (Lipinski definition) is 0. The van der Waals surface area contributed by atoms with Crippen LogP contribution in [-0.2, 0) is 9.47 Å². The van der Waals surface area contributed by atoms with Gasteiger partial charge in [0.15, 0.2) is 0 Å². The number of benzene rings is 3. The van der Waals surface area contributed by atoms with Gasteiger partial charge in [0, 0.05) is 12.5 Å². The lowest BCUT2D eigenvalue weighted by molar-refractivity contribution is -0.361. The van der Waals surface area contributed by atoms with Crippen LogP contribution >= 0.6 is 0 Å². The number of hydrogen-bond acceptors (Lipinski definition) is 6. The first-order valence-electron chi connectivity index (χ1n) is 15.5.